The topological polar surface area (TPSA) is 63.3 Å². The van der Waals surface area contributed by atoms with Crippen molar-refractivity contribution in [2.24, 2.45) is 17.8 Å². The van der Waals surface area contributed by atoms with Crippen molar-refractivity contribution < 1.29 is 38.8 Å². The van der Waals surface area contributed by atoms with Crippen molar-refractivity contribution in [2.45, 2.75) is 87.5 Å². The standard InChI is InChI=1S/C27H23FNO.C13H24O2.Ir/c1-15(2)11-18-6-8-20-19(14-18)9-10-29-26(20)22-13-17(4)25(28)24-21-7-5-16(3)12-23(21)30-27(22)24;1-5-10(6-2)12(14)9-13(15)11(7-3)8-4;/h5-10,12,14-15H,11H2,1-4H3;9-11,14H,5-8H2,1-4H3;/q-1;;/b;12-9-;. The zero-order valence-electron chi connectivity index (χ0n) is 28.4. The van der Waals surface area contributed by atoms with Gasteiger partial charge in [0.05, 0.1) is 17.2 Å². The summed E-state index contributed by atoms with van der Waals surface area (Å²) in [6.07, 6.45) is 7.74. The quantitative estimate of drug-likeness (QED) is 0.0868. The van der Waals surface area contributed by atoms with Gasteiger partial charge in [-0.05, 0) is 90.1 Å². The minimum absolute atomic E-state index is 0. The molecule has 3 aromatic carbocycles. The molecule has 0 aliphatic carbocycles. The number of carbonyl (C=O) groups is 1. The molecule has 0 amide bonds. The fourth-order valence-electron chi connectivity index (χ4n) is 6.06. The average molecular weight is 801 g/mol. The van der Waals surface area contributed by atoms with Gasteiger partial charge in [0, 0.05) is 49.6 Å². The molecule has 0 bridgehead atoms. The van der Waals surface area contributed by atoms with Crippen molar-refractivity contribution in [1.82, 2.24) is 4.98 Å². The molecule has 1 N–H and O–H groups in total. The maximum Gasteiger partial charge on any atom is 0.162 e. The fraction of sp³-hybridized carbons (Fsp3) is 0.400. The summed E-state index contributed by atoms with van der Waals surface area (Å²) in [5.41, 5.74) is 5.51. The first kappa shape index (κ1) is 37.1. The molecule has 2 heterocycles. The van der Waals surface area contributed by atoms with E-state index in [1.165, 1.54) is 11.6 Å². The number of rotatable bonds is 10. The molecule has 6 heteroatoms. The Hall–Kier alpha value is -3.34. The first-order chi connectivity index (χ1) is 21.5. The van der Waals surface area contributed by atoms with Gasteiger partial charge in [0.25, 0.3) is 0 Å². The Morgan fingerprint density at radius 3 is 2.24 bits per heavy atom. The Labute approximate surface area is 286 Å². The van der Waals surface area contributed by atoms with Crippen LogP contribution in [0.15, 0.2) is 64.9 Å². The van der Waals surface area contributed by atoms with Crippen LogP contribution in [-0.2, 0) is 31.3 Å². The molecule has 2 aromatic heterocycles. The summed E-state index contributed by atoms with van der Waals surface area (Å²) in [4.78, 5) is 16.4. The van der Waals surface area contributed by atoms with Gasteiger partial charge in [0.1, 0.15) is 5.58 Å². The summed E-state index contributed by atoms with van der Waals surface area (Å²) in [5.74, 6) is 0.859. The largest absolute Gasteiger partial charge is 0.512 e. The van der Waals surface area contributed by atoms with Gasteiger partial charge in [-0.25, -0.2) is 0 Å². The van der Waals surface area contributed by atoms with Crippen LogP contribution >= 0.6 is 0 Å². The minimum atomic E-state index is -0.282. The molecule has 5 aromatic rings. The zero-order valence-corrected chi connectivity index (χ0v) is 30.8. The van der Waals surface area contributed by atoms with Crippen LogP contribution in [0.5, 0.6) is 0 Å². The van der Waals surface area contributed by atoms with E-state index in [1.54, 1.807) is 6.92 Å². The number of benzene rings is 3. The third kappa shape index (κ3) is 8.14. The Morgan fingerprint density at radius 1 is 0.957 bits per heavy atom. The van der Waals surface area contributed by atoms with Gasteiger partial charge in [-0.2, -0.15) is 0 Å². The second-order valence-corrected chi connectivity index (χ2v) is 12.6. The Morgan fingerprint density at radius 2 is 1.61 bits per heavy atom. The maximum absolute atomic E-state index is 15.1. The number of pyridine rings is 1. The van der Waals surface area contributed by atoms with Crippen molar-refractivity contribution in [3.8, 4) is 11.3 Å². The summed E-state index contributed by atoms with van der Waals surface area (Å²) < 4.78 is 21.3. The SMILES string of the molecule is CCC(CC)C(=O)/C=C(\O)C(CC)CC.Cc1ccc2c(c1)oc1c(-c3nccc4cc(CC(C)C)ccc34)[c-]c(C)c(F)c12.[Ir]. The number of aryl methyl sites for hydroxylation is 2. The maximum atomic E-state index is 15.1. The van der Waals surface area contributed by atoms with Gasteiger partial charge in [-0.15, -0.1) is 6.07 Å². The summed E-state index contributed by atoms with van der Waals surface area (Å²) in [6.45, 7) is 16.3. The molecular weight excluding hydrogens is 754 g/mol. The summed E-state index contributed by atoms with van der Waals surface area (Å²) in [6, 6.07) is 17.6. The molecule has 0 unspecified atom stereocenters. The molecule has 5 rings (SSSR count). The van der Waals surface area contributed by atoms with Gasteiger partial charge in [-0.3, -0.25) is 9.18 Å². The van der Waals surface area contributed by atoms with E-state index in [4.69, 9.17) is 4.42 Å². The van der Waals surface area contributed by atoms with Gasteiger partial charge in [0.2, 0.25) is 0 Å². The number of aliphatic hydroxyl groups is 1. The van der Waals surface area contributed by atoms with Crippen LogP contribution in [0.4, 0.5) is 4.39 Å². The number of fused-ring (bicyclic) bond motifs is 4. The van der Waals surface area contributed by atoms with Crippen LogP contribution in [0.3, 0.4) is 0 Å². The second kappa shape index (κ2) is 16.5. The molecule has 4 nitrogen and oxygen atoms in total. The number of carbonyl (C=O) groups excluding carboxylic acids is 1. The molecule has 0 saturated heterocycles. The van der Waals surface area contributed by atoms with E-state index in [2.05, 4.69) is 43.1 Å². The third-order valence-electron chi connectivity index (χ3n) is 8.73. The molecule has 1 radical (unpaired) electrons. The Balaban J connectivity index is 0.000000309. The van der Waals surface area contributed by atoms with Crippen LogP contribution in [-0.4, -0.2) is 15.9 Å². The molecule has 247 valence electrons. The van der Waals surface area contributed by atoms with Gasteiger partial charge in [0.15, 0.2) is 5.78 Å². The molecule has 0 saturated carbocycles. The average Bonchev–Trinajstić information content (AvgIpc) is 3.38. The molecular formula is C40H47FIrNO3-. The van der Waals surface area contributed by atoms with E-state index >= 15 is 4.39 Å². The van der Waals surface area contributed by atoms with Crippen LogP contribution < -0.4 is 0 Å². The fourth-order valence-corrected chi connectivity index (χ4v) is 6.06. The zero-order chi connectivity index (χ0) is 32.8. The van der Waals surface area contributed by atoms with E-state index in [0.717, 1.165) is 59.5 Å². The van der Waals surface area contributed by atoms with E-state index in [-0.39, 0.29) is 49.3 Å². The summed E-state index contributed by atoms with van der Waals surface area (Å²) >= 11 is 0. The van der Waals surface area contributed by atoms with Crippen LogP contribution in [0.25, 0.3) is 44.0 Å². The van der Waals surface area contributed by atoms with Crippen molar-refractivity contribution in [3.05, 3.63) is 89.1 Å². The van der Waals surface area contributed by atoms with E-state index in [0.29, 0.717) is 33.6 Å². The first-order valence-electron chi connectivity index (χ1n) is 16.4. The Kier molecular flexibility index (Phi) is 13.3. The Bertz CT molecular complexity index is 1830. The first-order valence-corrected chi connectivity index (χ1v) is 16.4. The van der Waals surface area contributed by atoms with E-state index < -0.39 is 0 Å². The summed E-state index contributed by atoms with van der Waals surface area (Å²) in [5, 5.41) is 13.2. The number of nitrogens with zero attached hydrogens (tertiary/aromatic N) is 1. The van der Waals surface area contributed by atoms with Crippen LogP contribution in [0, 0.1) is 43.5 Å². The van der Waals surface area contributed by atoms with Gasteiger partial charge < -0.3 is 14.5 Å². The molecule has 0 aliphatic rings. The van der Waals surface area contributed by atoms with Gasteiger partial charge >= 0.3 is 0 Å². The number of hydrogen-bond acceptors (Lipinski definition) is 4. The molecule has 0 aliphatic heterocycles. The van der Waals surface area contributed by atoms with E-state index in [9.17, 15) is 9.90 Å². The predicted molar refractivity (Wildman–Crippen MR) is 185 cm³/mol. The number of aromatic nitrogens is 1. The van der Waals surface area contributed by atoms with Crippen molar-refractivity contribution in [2.75, 3.05) is 0 Å². The van der Waals surface area contributed by atoms with Crippen LogP contribution in [0.1, 0.15) is 83.9 Å². The minimum Gasteiger partial charge on any atom is -0.512 e. The second-order valence-electron chi connectivity index (χ2n) is 12.6. The number of ketones is 1. The number of allylic oxidation sites excluding steroid dienone is 2. The monoisotopic (exact) mass is 801 g/mol. The van der Waals surface area contributed by atoms with Gasteiger partial charge in [-0.1, -0.05) is 89.9 Å². The molecule has 0 fully saturated rings. The molecule has 46 heavy (non-hydrogen) atoms. The normalized spacial score (nSPS) is 11.9. The number of hydrogen-bond donors (Lipinski definition) is 1. The number of aliphatic hydroxyl groups excluding tert-OH is 1. The summed E-state index contributed by atoms with van der Waals surface area (Å²) in [7, 11) is 0. The molecule has 0 spiro atoms. The van der Waals surface area contributed by atoms with E-state index in [1.807, 2.05) is 65.1 Å². The van der Waals surface area contributed by atoms with Crippen molar-refractivity contribution in [3.63, 3.8) is 0 Å². The van der Waals surface area contributed by atoms with Crippen molar-refractivity contribution in [1.29, 1.82) is 0 Å². The third-order valence-corrected chi connectivity index (χ3v) is 8.73. The number of furan rings is 1. The molecule has 0 atom stereocenters. The van der Waals surface area contributed by atoms with Crippen LogP contribution in [0.2, 0.25) is 0 Å². The van der Waals surface area contributed by atoms with Crippen molar-refractivity contribution >= 4 is 38.5 Å². The number of halogens is 1. The smallest absolute Gasteiger partial charge is 0.162 e. The predicted octanol–water partition coefficient (Wildman–Crippen LogP) is 11.4.